The average molecular weight is 378 g/mol. The van der Waals surface area contributed by atoms with Crippen molar-refractivity contribution < 1.29 is 22.4 Å². The highest BCUT2D eigenvalue weighted by Gasteiger charge is 2.21. The van der Waals surface area contributed by atoms with Gasteiger partial charge in [-0.15, -0.1) is 0 Å². The number of carbonyl (C=O) groups excluding carboxylic acids is 2. The van der Waals surface area contributed by atoms with Crippen molar-refractivity contribution in [2.75, 3.05) is 22.1 Å². The van der Waals surface area contributed by atoms with Gasteiger partial charge in [0.1, 0.15) is 17.3 Å². The van der Waals surface area contributed by atoms with Gasteiger partial charge in [0.15, 0.2) is 9.84 Å². The van der Waals surface area contributed by atoms with Crippen molar-refractivity contribution in [3.63, 3.8) is 0 Å². The third-order valence-electron chi connectivity index (χ3n) is 3.58. The van der Waals surface area contributed by atoms with Crippen molar-refractivity contribution >= 4 is 33.0 Å². The fourth-order valence-electron chi connectivity index (χ4n) is 2.37. The second-order valence-corrected chi connectivity index (χ2v) is 7.97. The minimum absolute atomic E-state index is 0.270. The Balaban J connectivity index is 1.96. The highest BCUT2D eigenvalue weighted by Crippen LogP contribution is 2.19. The van der Waals surface area contributed by atoms with E-state index in [1.165, 1.54) is 12.1 Å². The summed E-state index contributed by atoms with van der Waals surface area (Å²) in [6, 6.07) is 10.3. The zero-order valence-electron chi connectivity index (χ0n) is 14.4. The van der Waals surface area contributed by atoms with Crippen LogP contribution < -0.4 is 10.6 Å². The van der Waals surface area contributed by atoms with E-state index in [9.17, 15) is 22.4 Å². The summed E-state index contributed by atoms with van der Waals surface area (Å²) < 4.78 is 37.0. The summed E-state index contributed by atoms with van der Waals surface area (Å²) in [7, 11) is -3.95. The minimum atomic E-state index is -3.95. The summed E-state index contributed by atoms with van der Waals surface area (Å²) in [6.45, 7) is 3.60. The van der Waals surface area contributed by atoms with Crippen LogP contribution >= 0.6 is 0 Å². The Morgan fingerprint density at radius 1 is 0.885 bits per heavy atom. The number of hydrogen-bond donors (Lipinski definition) is 2. The zero-order valence-corrected chi connectivity index (χ0v) is 15.2. The minimum Gasteiger partial charge on any atom is -0.325 e. The summed E-state index contributed by atoms with van der Waals surface area (Å²) in [5.74, 6) is -3.63. The molecular formula is C18H19FN2O4S. The van der Waals surface area contributed by atoms with Crippen molar-refractivity contribution in [2.45, 2.75) is 13.8 Å². The van der Waals surface area contributed by atoms with Gasteiger partial charge in [-0.3, -0.25) is 9.59 Å². The van der Waals surface area contributed by atoms with Crippen molar-refractivity contribution in [3.8, 4) is 0 Å². The Kier molecular flexibility index (Phi) is 6.10. The molecule has 0 radical (unpaired) electrons. The van der Waals surface area contributed by atoms with E-state index in [1.807, 2.05) is 6.07 Å². The van der Waals surface area contributed by atoms with Gasteiger partial charge in [0, 0.05) is 11.4 Å². The van der Waals surface area contributed by atoms with Crippen molar-refractivity contribution in [3.05, 3.63) is 59.4 Å². The van der Waals surface area contributed by atoms with Gasteiger partial charge < -0.3 is 10.6 Å². The lowest BCUT2D eigenvalue weighted by atomic mass is 10.1. The molecule has 2 rings (SSSR count). The molecule has 2 amide bonds. The molecule has 26 heavy (non-hydrogen) atoms. The number of amides is 2. The van der Waals surface area contributed by atoms with Crippen molar-refractivity contribution in [1.82, 2.24) is 0 Å². The molecule has 0 unspecified atom stereocenters. The molecular weight excluding hydrogens is 359 g/mol. The summed E-state index contributed by atoms with van der Waals surface area (Å²) >= 11 is 0. The summed E-state index contributed by atoms with van der Waals surface area (Å²) in [5, 5.41) is 4.92. The first-order valence-electron chi connectivity index (χ1n) is 7.78. The Bertz CT molecular complexity index is 904. The standard InChI is InChI=1S/C18H19FN2O4S/c1-12-4-3-5-13(2)18(12)21-17(23)11-26(24,25)10-16(22)20-15-8-6-14(19)7-9-15/h3-9H,10-11H2,1-2H3,(H,20,22)(H,21,23). The van der Waals surface area contributed by atoms with E-state index in [1.54, 1.807) is 26.0 Å². The Morgan fingerprint density at radius 3 is 1.92 bits per heavy atom. The Hall–Kier alpha value is -2.74. The van der Waals surface area contributed by atoms with E-state index in [4.69, 9.17) is 0 Å². The van der Waals surface area contributed by atoms with Crippen LogP contribution in [0.2, 0.25) is 0 Å². The van der Waals surface area contributed by atoms with E-state index in [0.717, 1.165) is 23.3 Å². The molecule has 0 aliphatic heterocycles. The number of anilines is 2. The number of sulfone groups is 1. The molecule has 0 saturated carbocycles. The number of nitrogens with one attached hydrogen (secondary N) is 2. The number of halogens is 1. The lowest BCUT2D eigenvalue weighted by Gasteiger charge is -2.11. The lowest BCUT2D eigenvalue weighted by molar-refractivity contribution is -0.114. The number of benzene rings is 2. The average Bonchev–Trinajstić information content (AvgIpc) is 2.52. The smallest absolute Gasteiger partial charge is 0.239 e. The second-order valence-electron chi connectivity index (χ2n) is 5.90. The molecule has 0 aliphatic rings. The summed E-state index contributed by atoms with van der Waals surface area (Å²) in [4.78, 5) is 23.9. The number of para-hydroxylation sites is 1. The van der Waals surface area contributed by atoms with Crippen LogP contribution in [0, 0.1) is 19.7 Å². The van der Waals surface area contributed by atoms with Gasteiger partial charge in [-0.2, -0.15) is 0 Å². The van der Waals surface area contributed by atoms with Crippen LogP contribution in [-0.2, 0) is 19.4 Å². The molecule has 0 aliphatic carbocycles. The van der Waals surface area contributed by atoms with Crippen LogP contribution in [0.25, 0.3) is 0 Å². The maximum absolute atomic E-state index is 12.8. The third-order valence-corrected chi connectivity index (χ3v) is 4.98. The van der Waals surface area contributed by atoms with Crippen molar-refractivity contribution in [1.29, 1.82) is 0 Å². The van der Waals surface area contributed by atoms with Crippen LogP contribution in [0.5, 0.6) is 0 Å². The maximum atomic E-state index is 12.8. The SMILES string of the molecule is Cc1cccc(C)c1NC(=O)CS(=O)(=O)CC(=O)Nc1ccc(F)cc1. The predicted molar refractivity (Wildman–Crippen MR) is 98.2 cm³/mol. The molecule has 138 valence electrons. The van der Waals surface area contributed by atoms with Gasteiger partial charge in [0.2, 0.25) is 11.8 Å². The van der Waals surface area contributed by atoms with Crippen molar-refractivity contribution in [2.24, 2.45) is 0 Å². The van der Waals surface area contributed by atoms with E-state index in [-0.39, 0.29) is 5.69 Å². The van der Waals surface area contributed by atoms with Gasteiger partial charge in [-0.25, -0.2) is 12.8 Å². The van der Waals surface area contributed by atoms with Gasteiger partial charge in [0.05, 0.1) is 0 Å². The van der Waals surface area contributed by atoms with Crippen LogP contribution in [-0.4, -0.2) is 31.7 Å². The molecule has 2 N–H and O–H groups in total. The molecule has 0 fully saturated rings. The molecule has 0 atom stereocenters. The van der Waals surface area contributed by atoms with Crippen LogP contribution in [0.4, 0.5) is 15.8 Å². The van der Waals surface area contributed by atoms with Gasteiger partial charge >= 0.3 is 0 Å². The first-order valence-corrected chi connectivity index (χ1v) is 9.60. The van der Waals surface area contributed by atoms with Gasteiger partial charge in [0.25, 0.3) is 0 Å². The number of rotatable bonds is 6. The fraction of sp³-hybridized carbons (Fsp3) is 0.222. The largest absolute Gasteiger partial charge is 0.325 e. The number of carbonyl (C=O) groups is 2. The van der Waals surface area contributed by atoms with E-state index < -0.39 is 39.0 Å². The van der Waals surface area contributed by atoms with Gasteiger partial charge in [-0.1, -0.05) is 18.2 Å². The van der Waals surface area contributed by atoms with Crippen LogP contribution in [0.1, 0.15) is 11.1 Å². The van der Waals surface area contributed by atoms with Crippen LogP contribution in [0.3, 0.4) is 0 Å². The van der Waals surface area contributed by atoms with Crippen LogP contribution in [0.15, 0.2) is 42.5 Å². The summed E-state index contributed by atoms with van der Waals surface area (Å²) in [6.07, 6.45) is 0. The van der Waals surface area contributed by atoms with E-state index in [0.29, 0.717) is 5.69 Å². The highest BCUT2D eigenvalue weighted by molar-refractivity contribution is 7.92. The molecule has 2 aromatic rings. The highest BCUT2D eigenvalue weighted by atomic mass is 32.2. The molecule has 6 nitrogen and oxygen atoms in total. The second kappa shape index (κ2) is 8.09. The monoisotopic (exact) mass is 378 g/mol. The van der Waals surface area contributed by atoms with Gasteiger partial charge in [-0.05, 0) is 49.2 Å². The number of hydrogen-bond acceptors (Lipinski definition) is 4. The zero-order chi connectivity index (χ0) is 19.3. The number of aryl methyl sites for hydroxylation is 2. The summed E-state index contributed by atoms with van der Waals surface area (Å²) in [5.41, 5.74) is 2.45. The Labute approximate surface area is 151 Å². The maximum Gasteiger partial charge on any atom is 0.239 e. The molecule has 0 spiro atoms. The topological polar surface area (TPSA) is 92.3 Å². The fourth-order valence-corrected chi connectivity index (χ4v) is 3.41. The molecule has 0 aromatic heterocycles. The Morgan fingerprint density at radius 2 is 1.38 bits per heavy atom. The molecule has 8 heteroatoms. The quantitative estimate of drug-likeness (QED) is 0.807. The lowest BCUT2D eigenvalue weighted by Crippen LogP contribution is -2.30. The molecule has 0 saturated heterocycles. The van der Waals surface area contributed by atoms with E-state index >= 15 is 0 Å². The normalized spacial score (nSPS) is 11.0. The molecule has 0 bridgehead atoms. The molecule has 2 aromatic carbocycles. The van der Waals surface area contributed by atoms with E-state index in [2.05, 4.69) is 10.6 Å². The third kappa shape index (κ3) is 5.66. The first-order chi connectivity index (χ1) is 12.2. The predicted octanol–water partition coefficient (Wildman–Crippen LogP) is 2.43. The molecule has 0 heterocycles. The first kappa shape index (κ1) is 19.6.